The second-order valence-electron chi connectivity index (χ2n) is 4.50. The van der Waals surface area contributed by atoms with Gasteiger partial charge in [0, 0.05) is 5.56 Å². The number of aliphatic hydroxyl groups excluding tert-OH is 1. The Morgan fingerprint density at radius 2 is 2.11 bits per heavy atom. The molecular formula is C14H18O4. The summed E-state index contributed by atoms with van der Waals surface area (Å²) in [5.41, 5.74) is 2.22. The molecule has 0 aliphatic heterocycles. The third kappa shape index (κ3) is 2.34. The van der Waals surface area contributed by atoms with Crippen LogP contribution in [0, 0.1) is 0 Å². The van der Waals surface area contributed by atoms with Crippen LogP contribution >= 0.6 is 0 Å². The van der Waals surface area contributed by atoms with Gasteiger partial charge in [-0.2, -0.15) is 0 Å². The van der Waals surface area contributed by atoms with E-state index in [1.165, 1.54) is 0 Å². The predicted octanol–water partition coefficient (Wildman–Crippen LogP) is 1.87. The summed E-state index contributed by atoms with van der Waals surface area (Å²) < 4.78 is 4.76. The number of rotatable bonds is 3. The van der Waals surface area contributed by atoms with E-state index in [0.29, 0.717) is 0 Å². The van der Waals surface area contributed by atoms with Gasteiger partial charge >= 0.3 is 5.97 Å². The van der Waals surface area contributed by atoms with E-state index >= 15 is 0 Å². The van der Waals surface area contributed by atoms with Crippen molar-refractivity contribution in [2.45, 2.75) is 38.7 Å². The van der Waals surface area contributed by atoms with Crippen molar-refractivity contribution in [2.75, 3.05) is 6.61 Å². The summed E-state index contributed by atoms with van der Waals surface area (Å²) in [4.78, 5) is 11.5. The third-order valence-corrected chi connectivity index (χ3v) is 3.34. The van der Waals surface area contributed by atoms with Gasteiger partial charge in [0.2, 0.25) is 0 Å². The molecule has 4 nitrogen and oxygen atoms in total. The van der Waals surface area contributed by atoms with E-state index in [-0.39, 0.29) is 17.9 Å². The Hall–Kier alpha value is -1.55. The monoisotopic (exact) mass is 250 g/mol. The molecule has 0 amide bonds. The minimum Gasteiger partial charge on any atom is -0.507 e. The lowest BCUT2D eigenvalue weighted by atomic mass is 9.88. The molecule has 0 spiro atoms. The zero-order chi connectivity index (χ0) is 13.1. The minimum absolute atomic E-state index is 0.0488. The lowest BCUT2D eigenvalue weighted by Gasteiger charge is -2.20. The maximum atomic E-state index is 11.5. The van der Waals surface area contributed by atoms with E-state index in [1.807, 2.05) is 6.07 Å². The number of carbonyl (C=O) groups is 1. The van der Waals surface area contributed by atoms with Crippen LogP contribution in [0.4, 0.5) is 0 Å². The van der Waals surface area contributed by atoms with E-state index in [1.54, 1.807) is 13.0 Å². The largest absolute Gasteiger partial charge is 0.507 e. The molecule has 1 aromatic carbocycles. The molecule has 0 aromatic heterocycles. The molecule has 18 heavy (non-hydrogen) atoms. The molecule has 98 valence electrons. The molecule has 1 atom stereocenters. The molecule has 1 aromatic rings. The van der Waals surface area contributed by atoms with E-state index < -0.39 is 12.1 Å². The van der Waals surface area contributed by atoms with Crippen molar-refractivity contribution in [1.29, 1.82) is 0 Å². The number of benzene rings is 1. The molecule has 1 unspecified atom stereocenters. The highest BCUT2D eigenvalue weighted by Gasteiger charge is 2.25. The van der Waals surface area contributed by atoms with Crippen LogP contribution in [0.2, 0.25) is 0 Å². The number of phenols is 1. The first kappa shape index (κ1) is 12.9. The molecule has 1 aliphatic rings. The molecular weight excluding hydrogens is 232 g/mol. The first-order chi connectivity index (χ1) is 8.65. The van der Waals surface area contributed by atoms with Gasteiger partial charge in [-0.3, -0.25) is 0 Å². The maximum Gasteiger partial charge on any atom is 0.339 e. The molecule has 0 saturated carbocycles. The molecule has 0 bridgehead atoms. The van der Waals surface area contributed by atoms with Crippen molar-refractivity contribution in [3.63, 3.8) is 0 Å². The van der Waals surface area contributed by atoms with Gasteiger partial charge in [-0.15, -0.1) is 0 Å². The smallest absolute Gasteiger partial charge is 0.339 e. The van der Waals surface area contributed by atoms with Crippen molar-refractivity contribution >= 4 is 5.97 Å². The van der Waals surface area contributed by atoms with Crippen LogP contribution in [-0.2, 0) is 22.4 Å². The van der Waals surface area contributed by atoms with Gasteiger partial charge in [0.05, 0.1) is 6.61 Å². The van der Waals surface area contributed by atoms with Crippen LogP contribution in [0.15, 0.2) is 12.1 Å². The average Bonchev–Trinajstić information content (AvgIpc) is 2.39. The zero-order valence-corrected chi connectivity index (χ0v) is 10.5. The normalized spacial score (nSPS) is 15.9. The standard InChI is InChI=1S/C14H18O4/c1-2-18-14(17)13(16)11-8-7-9-5-3-4-6-10(9)12(11)15/h7-8,13,15-16H,2-6H2,1H3. The lowest BCUT2D eigenvalue weighted by Crippen LogP contribution is -2.16. The summed E-state index contributed by atoms with van der Waals surface area (Å²) in [6.45, 7) is 1.89. The minimum atomic E-state index is -1.41. The van der Waals surface area contributed by atoms with Crippen molar-refractivity contribution in [3.8, 4) is 5.75 Å². The van der Waals surface area contributed by atoms with Crippen LogP contribution in [0.25, 0.3) is 0 Å². The van der Waals surface area contributed by atoms with Crippen LogP contribution < -0.4 is 0 Å². The Kier molecular flexibility index (Phi) is 3.87. The summed E-state index contributed by atoms with van der Waals surface area (Å²) in [6, 6.07) is 3.49. The highest BCUT2D eigenvalue weighted by atomic mass is 16.5. The van der Waals surface area contributed by atoms with E-state index in [0.717, 1.165) is 36.8 Å². The number of fused-ring (bicyclic) bond motifs is 1. The van der Waals surface area contributed by atoms with Crippen molar-refractivity contribution in [1.82, 2.24) is 0 Å². The lowest BCUT2D eigenvalue weighted by molar-refractivity contribution is -0.153. The van der Waals surface area contributed by atoms with Crippen LogP contribution in [0.1, 0.15) is 42.6 Å². The topological polar surface area (TPSA) is 66.8 Å². The van der Waals surface area contributed by atoms with E-state index in [4.69, 9.17) is 4.74 Å². The molecule has 0 heterocycles. The number of hydrogen-bond donors (Lipinski definition) is 2. The maximum absolute atomic E-state index is 11.5. The summed E-state index contributed by atoms with van der Waals surface area (Å²) in [7, 11) is 0. The molecule has 4 heteroatoms. The Balaban J connectivity index is 2.31. The Labute approximate surface area is 106 Å². The number of hydrogen-bond acceptors (Lipinski definition) is 4. The fraction of sp³-hybridized carbons (Fsp3) is 0.500. The number of carbonyl (C=O) groups excluding carboxylic acids is 1. The van der Waals surface area contributed by atoms with Gasteiger partial charge in [0.1, 0.15) is 5.75 Å². The SMILES string of the molecule is CCOC(=O)C(O)c1ccc2c(c1O)CCCC2. The number of ether oxygens (including phenoxy) is 1. The number of esters is 1. The summed E-state index contributed by atoms with van der Waals surface area (Å²) in [5.74, 6) is -0.670. The second kappa shape index (κ2) is 5.40. The highest BCUT2D eigenvalue weighted by Crippen LogP contribution is 2.35. The Bertz CT molecular complexity index is 453. The first-order valence-electron chi connectivity index (χ1n) is 6.33. The van der Waals surface area contributed by atoms with Crippen LogP contribution in [-0.4, -0.2) is 22.8 Å². The molecule has 0 fully saturated rings. The summed E-state index contributed by atoms with van der Waals surface area (Å²) in [5, 5.41) is 20.0. The van der Waals surface area contributed by atoms with E-state index in [9.17, 15) is 15.0 Å². The first-order valence-corrected chi connectivity index (χ1v) is 6.33. The quantitative estimate of drug-likeness (QED) is 0.804. The van der Waals surface area contributed by atoms with Gasteiger partial charge in [0.15, 0.2) is 6.10 Å². The molecule has 0 saturated heterocycles. The molecule has 1 aliphatic carbocycles. The van der Waals surface area contributed by atoms with Gasteiger partial charge in [-0.05, 0) is 43.7 Å². The third-order valence-electron chi connectivity index (χ3n) is 3.34. The van der Waals surface area contributed by atoms with Crippen LogP contribution in [0.5, 0.6) is 5.75 Å². The Morgan fingerprint density at radius 3 is 2.83 bits per heavy atom. The highest BCUT2D eigenvalue weighted by molar-refractivity contribution is 5.77. The summed E-state index contributed by atoms with van der Waals surface area (Å²) >= 11 is 0. The predicted molar refractivity (Wildman–Crippen MR) is 66.3 cm³/mol. The second-order valence-corrected chi connectivity index (χ2v) is 4.50. The average molecular weight is 250 g/mol. The van der Waals surface area contributed by atoms with Gasteiger partial charge in [0.25, 0.3) is 0 Å². The van der Waals surface area contributed by atoms with Gasteiger partial charge in [-0.1, -0.05) is 12.1 Å². The molecule has 2 rings (SSSR count). The van der Waals surface area contributed by atoms with Crippen molar-refractivity contribution in [2.24, 2.45) is 0 Å². The number of aromatic hydroxyl groups is 1. The van der Waals surface area contributed by atoms with Gasteiger partial charge in [-0.25, -0.2) is 4.79 Å². The number of phenolic OH excluding ortho intramolecular Hbond substituents is 1. The molecule has 2 N–H and O–H groups in total. The van der Waals surface area contributed by atoms with Crippen molar-refractivity contribution < 1.29 is 19.7 Å². The number of aliphatic hydroxyl groups is 1. The molecule has 0 radical (unpaired) electrons. The fourth-order valence-corrected chi connectivity index (χ4v) is 2.40. The number of aryl methyl sites for hydroxylation is 1. The van der Waals surface area contributed by atoms with Gasteiger partial charge < -0.3 is 14.9 Å². The van der Waals surface area contributed by atoms with Crippen LogP contribution in [0.3, 0.4) is 0 Å². The fourth-order valence-electron chi connectivity index (χ4n) is 2.40. The zero-order valence-electron chi connectivity index (χ0n) is 10.5. The summed E-state index contributed by atoms with van der Waals surface area (Å²) in [6.07, 6.45) is 2.48. The van der Waals surface area contributed by atoms with E-state index in [2.05, 4.69) is 0 Å². The Morgan fingerprint density at radius 1 is 1.39 bits per heavy atom. The van der Waals surface area contributed by atoms with Crippen molar-refractivity contribution in [3.05, 3.63) is 28.8 Å².